The van der Waals surface area contributed by atoms with Gasteiger partial charge in [0.1, 0.15) is 12.4 Å². The molecule has 1 heterocycles. The quantitative estimate of drug-likeness (QED) is 0.685. The maximum atomic E-state index is 12.0. The average Bonchev–Trinajstić information content (AvgIpc) is 3.06. The van der Waals surface area contributed by atoms with E-state index in [0.717, 1.165) is 44.7 Å². The lowest BCUT2D eigenvalue weighted by molar-refractivity contribution is 0.0679. The molecule has 1 fully saturated rings. The van der Waals surface area contributed by atoms with Crippen LogP contribution in [0.15, 0.2) is 24.3 Å². The minimum atomic E-state index is -0.0519. The molecule has 0 aromatic heterocycles. The molecule has 22 heavy (non-hydrogen) atoms. The fraction of sp³-hybridized carbons (Fsp3) is 0.588. The van der Waals surface area contributed by atoms with E-state index in [2.05, 4.69) is 17.6 Å². The summed E-state index contributed by atoms with van der Waals surface area (Å²) in [5, 5.41) is 6.14. The molecule has 5 heteroatoms. The summed E-state index contributed by atoms with van der Waals surface area (Å²) < 4.78 is 11.2. The molecule has 0 saturated carbocycles. The molecule has 2 N–H and O–H groups in total. The minimum absolute atomic E-state index is 0.0519. The Morgan fingerprint density at radius 3 is 2.77 bits per heavy atom. The van der Waals surface area contributed by atoms with Crippen LogP contribution in [-0.2, 0) is 4.74 Å². The van der Waals surface area contributed by atoms with Gasteiger partial charge in [-0.2, -0.15) is 0 Å². The highest BCUT2D eigenvalue weighted by Gasteiger charge is 2.16. The Labute approximate surface area is 132 Å². The topological polar surface area (TPSA) is 59.6 Å². The van der Waals surface area contributed by atoms with Gasteiger partial charge >= 0.3 is 0 Å². The second kappa shape index (κ2) is 9.43. The van der Waals surface area contributed by atoms with Crippen molar-refractivity contribution in [3.05, 3.63) is 29.8 Å². The van der Waals surface area contributed by atoms with Crippen molar-refractivity contribution >= 4 is 5.91 Å². The summed E-state index contributed by atoms with van der Waals surface area (Å²) >= 11 is 0. The third kappa shape index (κ3) is 5.66. The van der Waals surface area contributed by atoms with E-state index in [1.807, 2.05) is 12.1 Å². The Bertz CT molecular complexity index is 442. The highest BCUT2D eigenvalue weighted by atomic mass is 16.5. The molecule has 0 bridgehead atoms. The molecule has 0 radical (unpaired) electrons. The van der Waals surface area contributed by atoms with Crippen LogP contribution in [0.5, 0.6) is 5.75 Å². The molecule has 1 aliphatic heterocycles. The van der Waals surface area contributed by atoms with E-state index in [-0.39, 0.29) is 12.0 Å². The Morgan fingerprint density at radius 1 is 1.27 bits per heavy atom. The second-order valence-electron chi connectivity index (χ2n) is 5.48. The predicted octanol–water partition coefficient (Wildman–Crippen LogP) is 1.97. The van der Waals surface area contributed by atoms with Crippen LogP contribution in [-0.4, -0.2) is 44.9 Å². The Balaban J connectivity index is 1.69. The van der Waals surface area contributed by atoms with E-state index >= 15 is 0 Å². The first-order chi connectivity index (χ1) is 10.8. The maximum Gasteiger partial charge on any atom is 0.251 e. The van der Waals surface area contributed by atoms with Crippen molar-refractivity contribution in [2.75, 3.05) is 32.8 Å². The van der Waals surface area contributed by atoms with Crippen molar-refractivity contribution in [2.24, 2.45) is 0 Å². The minimum Gasteiger partial charge on any atom is -0.491 e. The molecule has 0 aliphatic carbocycles. The van der Waals surface area contributed by atoms with Crippen molar-refractivity contribution in [1.29, 1.82) is 0 Å². The van der Waals surface area contributed by atoms with Gasteiger partial charge in [-0.25, -0.2) is 0 Å². The molecule has 5 nitrogen and oxygen atoms in total. The highest BCUT2D eigenvalue weighted by molar-refractivity contribution is 5.94. The lowest BCUT2D eigenvalue weighted by Crippen LogP contribution is -2.32. The van der Waals surface area contributed by atoms with Crippen LogP contribution in [0.3, 0.4) is 0 Å². The Kier molecular flexibility index (Phi) is 7.19. The van der Waals surface area contributed by atoms with Gasteiger partial charge in [0.25, 0.3) is 5.91 Å². The van der Waals surface area contributed by atoms with Crippen molar-refractivity contribution in [1.82, 2.24) is 10.6 Å². The SMILES string of the molecule is CCCNCCNC(=O)c1ccc(OCC2CCCO2)cc1. The molecular weight excluding hydrogens is 280 g/mol. The zero-order valence-corrected chi connectivity index (χ0v) is 13.3. The van der Waals surface area contributed by atoms with E-state index in [1.54, 1.807) is 12.1 Å². The fourth-order valence-corrected chi connectivity index (χ4v) is 2.34. The largest absolute Gasteiger partial charge is 0.491 e. The van der Waals surface area contributed by atoms with Gasteiger partial charge in [0.2, 0.25) is 0 Å². The maximum absolute atomic E-state index is 12.0. The standard InChI is InChI=1S/C17H26N2O3/c1-2-9-18-10-11-19-17(20)14-5-7-15(8-6-14)22-13-16-4-3-12-21-16/h5-8,16,18H,2-4,9-13H2,1H3,(H,19,20). The van der Waals surface area contributed by atoms with Gasteiger partial charge in [-0.15, -0.1) is 0 Å². The van der Waals surface area contributed by atoms with Crippen LogP contribution in [0.25, 0.3) is 0 Å². The summed E-state index contributed by atoms with van der Waals surface area (Å²) in [6.07, 6.45) is 3.48. The summed E-state index contributed by atoms with van der Waals surface area (Å²) in [7, 11) is 0. The smallest absolute Gasteiger partial charge is 0.251 e. The zero-order valence-electron chi connectivity index (χ0n) is 13.3. The number of hydrogen-bond donors (Lipinski definition) is 2. The summed E-state index contributed by atoms with van der Waals surface area (Å²) in [4.78, 5) is 12.0. The number of carbonyl (C=O) groups excluding carboxylic acids is 1. The number of carbonyl (C=O) groups is 1. The number of hydrogen-bond acceptors (Lipinski definition) is 4. The van der Waals surface area contributed by atoms with Crippen LogP contribution >= 0.6 is 0 Å². The van der Waals surface area contributed by atoms with Crippen LogP contribution in [0.4, 0.5) is 0 Å². The number of amides is 1. The Morgan fingerprint density at radius 2 is 2.09 bits per heavy atom. The van der Waals surface area contributed by atoms with Crippen molar-refractivity contribution in [3.8, 4) is 5.75 Å². The van der Waals surface area contributed by atoms with E-state index < -0.39 is 0 Å². The van der Waals surface area contributed by atoms with Gasteiger partial charge in [0, 0.05) is 25.3 Å². The van der Waals surface area contributed by atoms with Gasteiger partial charge < -0.3 is 20.1 Å². The van der Waals surface area contributed by atoms with E-state index in [4.69, 9.17) is 9.47 Å². The fourth-order valence-electron chi connectivity index (χ4n) is 2.34. The molecule has 1 aromatic rings. The molecular formula is C17H26N2O3. The first-order valence-corrected chi connectivity index (χ1v) is 8.13. The summed E-state index contributed by atoms with van der Waals surface area (Å²) in [6.45, 7) is 5.94. The van der Waals surface area contributed by atoms with E-state index in [9.17, 15) is 4.79 Å². The van der Waals surface area contributed by atoms with Crippen LogP contribution < -0.4 is 15.4 Å². The van der Waals surface area contributed by atoms with Crippen molar-refractivity contribution in [2.45, 2.75) is 32.3 Å². The predicted molar refractivity (Wildman–Crippen MR) is 86.4 cm³/mol. The normalized spacial score (nSPS) is 17.4. The molecule has 1 aliphatic rings. The highest BCUT2D eigenvalue weighted by Crippen LogP contribution is 2.16. The third-order valence-electron chi connectivity index (χ3n) is 3.59. The molecule has 122 valence electrons. The zero-order chi connectivity index (χ0) is 15.6. The first-order valence-electron chi connectivity index (χ1n) is 8.13. The van der Waals surface area contributed by atoms with E-state index in [0.29, 0.717) is 18.7 Å². The summed E-state index contributed by atoms with van der Waals surface area (Å²) in [5.41, 5.74) is 0.653. The molecule has 2 rings (SSSR count). The van der Waals surface area contributed by atoms with Gasteiger partial charge in [-0.1, -0.05) is 6.92 Å². The summed E-state index contributed by atoms with van der Waals surface area (Å²) in [5.74, 6) is 0.723. The number of rotatable bonds is 9. The van der Waals surface area contributed by atoms with Crippen LogP contribution in [0.1, 0.15) is 36.5 Å². The van der Waals surface area contributed by atoms with Gasteiger partial charge in [-0.3, -0.25) is 4.79 Å². The summed E-state index contributed by atoms with van der Waals surface area (Å²) in [6, 6.07) is 7.25. The number of ether oxygens (including phenoxy) is 2. The molecule has 1 atom stereocenters. The average molecular weight is 306 g/mol. The number of nitrogens with one attached hydrogen (secondary N) is 2. The lowest BCUT2D eigenvalue weighted by Gasteiger charge is -2.12. The number of benzene rings is 1. The van der Waals surface area contributed by atoms with Gasteiger partial charge in [-0.05, 0) is 50.1 Å². The second-order valence-corrected chi connectivity index (χ2v) is 5.48. The molecule has 1 amide bonds. The molecule has 1 saturated heterocycles. The Hall–Kier alpha value is -1.59. The van der Waals surface area contributed by atoms with Crippen LogP contribution in [0.2, 0.25) is 0 Å². The molecule has 1 aromatic carbocycles. The van der Waals surface area contributed by atoms with Crippen LogP contribution in [0, 0.1) is 0 Å². The van der Waals surface area contributed by atoms with Gasteiger partial charge in [0.05, 0.1) is 6.10 Å². The van der Waals surface area contributed by atoms with E-state index in [1.165, 1.54) is 0 Å². The van der Waals surface area contributed by atoms with Gasteiger partial charge in [0.15, 0.2) is 0 Å². The molecule has 0 spiro atoms. The lowest BCUT2D eigenvalue weighted by atomic mass is 10.2. The van der Waals surface area contributed by atoms with Crippen molar-refractivity contribution in [3.63, 3.8) is 0 Å². The molecule has 1 unspecified atom stereocenters. The first kappa shape index (κ1) is 16.8. The monoisotopic (exact) mass is 306 g/mol. The van der Waals surface area contributed by atoms with Crippen molar-refractivity contribution < 1.29 is 14.3 Å². The third-order valence-corrected chi connectivity index (χ3v) is 3.59.